The number of hydrogen-bond donors (Lipinski definition) is 1. The van der Waals surface area contributed by atoms with Gasteiger partial charge in [-0.25, -0.2) is 4.79 Å². The molecule has 78 valence electrons. The summed E-state index contributed by atoms with van der Waals surface area (Å²) in [6, 6.07) is 0. The van der Waals surface area contributed by atoms with Crippen LogP contribution in [0.25, 0.3) is 0 Å². The smallest absolute Gasteiger partial charge is 0.353 e. The predicted octanol–water partition coefficient (Wildman–Crippen LogP) is 1.39. The third kappa shape index (κ3) is 1.34. The van der Waals surface area contributed by atoms with Gasteiger partial charge in [0.25, 0.3) is 0 Å². The maximum Gasteiger partial charge on any atom is 0.353 e. The second kappa shape index (κ2) is 3.55. The summed E-state index contributed by atoms with van der Waals surface area (Å²) in [7, 11) is 1.37. The quantitative estimate of drug-likeness (QED) is 0.450. The molecule has 0 spiro atoms. The van der Waals surface area contributed by atoms with Crippen molar-refractivity contribution in [1.29, 1.82) is 0 Å². The van der Waals surface area contributed by atoms with Gasteiger partial charge in [-0.15, -0.1) is 0 Å². The Morgan fingerprint density at radius 2 is 2.57 bits per heavy atom. The SMILES string of the molecule is COC(=O)C12CC(S)CC1C(I)=NO2. The molecule has 2 rings (SSSR count). The van der Waals surface area contributed by atoms with Gasteiger partial charge in [-0.05, 0) is 29.0 Å². The van der Waals surface area contributed by atoms with Gasteiger partial charge < -0.3 is 9.57 Å². The van der Waals surface area contributed by atoms with Gasteiger partial charge in [0.1, 0.15) is 3.72 Å². The average molecular weight is 327 g/mol. The first-order chi connectivity index (χ1) is 6.60. The number of halogens is 1. The van der Waals surface area contributed by atoms with Crippen molar-refractivity contribution >= 4 is 44.9 Å². The van der Waals surface area contributed by atoms with Gasteiger partial charge in [-0.3, -0.25) is 0 Å². The minimum absolute atomic E-state index is 0.0260. The van der Waals surface area contributed by atoms with E-state index in [1.54, 1.807) is 0 Å². The van der Waals surface area contributed by atoms with E-state index in [1.807, 2.05) is 0 Å². The van der Waals surface area contributed by atoms with Crippen molar-refractivity contribution in [1.82, 2.24) is 0 Å². The minimum atomic E-state index is -0.891. The predicted molar refractivity (Wildman–Crippen MR) is 62.8 cm³/mol. The molecule has 1 fully saturated rings. The number of hydrogen-bond acceptors (Lipinski definition) is 5. The van der Waals surface area contributed by atoms with E-state index >= 15 is 0 Å². The fourth-order valence-corrected chi connectivity index (χ4v) is 3.39. The van der Waals surface area contributed by atoms with E-state index in [0.717, 1.165) is 10.1 Å². The summed E-state index contributed by atoms with van der Waals surface area (Å²) in [5.41, 5.74) is -0.891. The number of methoxy groups -OCH3 is 1. The van der Waals surface area contributed by atoms with Crippen LogP contribution in [-0.4, -0.2) is 27.6 Å². The van der Waals surface area contributed by atoms with E-state index in [4.69, 9.17) is 9.57 Å². The first-order valence-corrected chi connectivity index (χ1v) is 5.87. The highest BCUT2D eigenvalue weighted by atomic mass is 127. The lowest BCUT2D eigenvalue weighted by Crippen LogP contribution is -2.43. The number of oxime groups is 1. The Bertz CT molecular complexity index is 309. The van der Waals surface area contributed by atoms with Crippen molar-refractivity contribution in [3.63, 3.8) is 0 Å². The molecule has 3 atom stereocenters. The Labute approximate surface area is 101 Å². The largest absolute Gasteiger partial charge is 0.466 e. The molecule has 1 aliphatic carbocycles. The Morgan fingerprint density at radius 3 is 3.21 bits per heavy atom. The number of fused-ring (bicyclic) bond motifs is 1. The molecule has 14 heavy (non-hydrogen) atoms. The summed E-state index contributed by atoms with van der Waals surface area (Å²) in [5.74, 6) is -0.312. The lowest BCUT2D eigenvalue weighted by molar-refractivity contribution is -0.168. The molecule has 0 aromatic heterocycles. The molecule has 0 saturated heterocycles. The third-order valence-electron chi connectivity index (χ3n) is 2.72. The molecule has 0 radical (unpaired) electrons. The average Bonchev–Trinajstić information content (AvgIpc) is 2.64. The second-order valence-electron chi connectivity index (χ2n) is 3.53. The normalized spacial score (nSPS) is 40.1. The third-order valence-corrected chi connectivity index (χ3v) is 4.07. The van der Waals surface area contributed by atoms with Crippen molar-refractivity contribution < 1.29 is 14.4 Å². The summed E-state index contributed by atoms with van der Waals surface area (Å²) >= 11 is 6.48. The van der Waals surface area contributed by atoms with Crippen LogP contribution in [0.5, 0.6) is 0 Å². The van der Waals surface area contributed by atoms with Crippen LogP contribution in [0.2, 0.25) is 0 Å². The van der Waals surface area contributed by atoms with Crippen LogP contribution in [0.15, 0.2) is 5.16 Å². The fourth-order valence-electron chi connectivity index (χ4n) is 2.05. The zero-order valence-electron chi connectivity index (χ0n) is 7.57. The maximum absolute atomic E-state index is 11.7. The zero-order valence-corrected chi connectivity index (χ0v) is 10.6. The van der Waals surface area contributed by atoms with Gasteiger partial charge in [0.15, 0.2) is 0 Å². The number of nitrogens with zero attached hydrogens (tertiary/aromatic N) is 1. The van der Waals surface area contributed by atoms with Gasteiger partial charge in [0.05, 0.1) is 13.0 Å². The summed E-state index contributed by atoms with van der Waals surface area (Å²) < 4.78 is 5.60. The van der Waals surface area contributed by atoms with Gasteiger partial charge in [-0.2, -0.15) is 12.6 Å². The molecule has 3 unspecified atom stereocenters. The van der Waals surface area contributed by atoms with E-state index in [9.17, 15) is 4.79 Å². The fraction of sp³-hybridized carbons (Fsp3) is 0.750. The van der Waals surface area contributed by atoms with E-state index in [-0.39, 0.29) is 17.1 Å². The Balaban J connectivity index is 2.30. The molecule has 2 aliphatic rings. The number of esters is 1. The van der Waals surface area contributed by atoms with Crippen LogP contribution in [0.3, 0.4) is 0 Å². The highest BCUT2D eigenvalue weighted by Gasteiger charge is 2.60. The van der Waals surface area contributed by atoms with Crippen LogP contribution in [-0.2, 0) is 14.4 Å². The molecule has 0 aromatic carbocycles. The van der Waals surface area contributed by atoms with Gasteiger partial charge >= 0.3 is 5.97 Å². The van der Waals surface area contributed by atoms with Crippen molar-refractivity contribution in [2.24, 2.45) is 11.1 Å². The lowest BCUT2D eigenvalue weighted by Gasteiger charge is -2.22. The van der Waals surface area contributed by atoms with Crippen LogP contribution in [0.4, 0.5) is 0 Å². The number of carbonyl (C=O) groups excluding carboxylic acids is 1. The molecule has 0 bridgehead atoms. The molecule has 0 N–H and O–H groups in total. The molecule has 0 aromatic rings. The van der Waals surface area contributed by atoms with Crippen LogP contribution in [0.1, 0.15) is 12.8 Å². The van der Waals surface area contributed by atoms with Gasteiger partial charge in [0.2, 0.25) is 5.60 Å². The monoisotopic (exact) mass is 327 g/mol. The summed E-state index contributed by atoms with van der Waals surface area (Å²) in [4.78, 5) is 16.9. The highest BCUT2D eigenvalue weighted by molar-refractivity contribution is 14.1. The summed E-state index contributed by atoms with van der Waals surface area (Å²) in [6.45, 7) is 0. The van der Waals surface area contributed by atoms with Gasteiger partial charge in [0, 0.05) is 11.7 Å². The Kier molecular flexibility index (Phi) is 2.67. The van der Waals surface area contributed by atoms with Crippen molar-refractivity contribution in [3.8, 4) is 0 Å². The van der Waals surface area contributed by atoms with E-state index in [2.05, 4.69) is 40.4 Å². The minimum Gasteiger partial charge on any atom is -0.466 e. The van der Waals surface area contributed by atoms with Crippen LogP contribution >= 0.6 is 35.2 Å². The maximum atomic E-state index is 11.7. The number of thiol groups is 1. The molecule has 1 saturated carbocycles. The highest BCUT2D eigenvalue weighted by Crippen LogP contribution is 2.47. The van der Waals surface area contributed by atoms with Crippen molar-refractivity contribution in [2.75, 3.05) is 7.11 Å². The summed E-state index contributed by atoms with van der Waals surface area (Å²) in [5, 5.41) is 4.04. The molecule has 4 nitrogen and oxygen atoms in total. The second-order valence-corrected chi connectivity index (χ2v) is 5.37. The molecule has 1 heterocycles. The van der Waals surface area contributed by atoms with E-state index in [0.29, 0.717) is 6.42 Å². The molecular weight excluding hydrogens is 317 g/mol. The number of carbonyl (C=O) groups is 1. The summed E-state index contributed by atoms with van der Waals surface area (Å²) in [6.07, 6.45) is 1.39. The first kappa shape index (κ1) is 10.5. The van der Waals surface area contributed by atoms with Crippen LogP contribution < -0.4 is 0 Å². The van der Waals surface area contributed by atoms with Crippen LogP contribution in [0, 0.1) is 5.92 Å². The van der Waals surface area contributed by atoms with E-state index < -0.39 is 5.60 Å². The Hall–Kier alpha value is 0.0200. The van der Waals surface area contributed by atoms with Crippen molar-refractivity contribution in [2.45, 2.75) is 23.7 Å². The molecule has 1 aliphatic heterocycles. The number of ether oxygens (including phenoxy) is 1. The standard InChI is InChI=1S/C8H10INO3S/c1-12-7(11)8-3-4(14)2-5(8)6(9)10-13-8/h4-5,14H,2-3H2,1H3. The molecule has 6 heteroatoms. The topological polar surface area (TPSA) is 47.9 Å². The molecular formula is C8H10INO3S. The Morgan fingerprint density at radius 1 is 1.86 bits per heavy atom. The zero-order chi connectivity index (χ0) is 10.3. The lowest BCUT2D eigenvalue weighted by atomic mass is 9.93. The first-order valence-electron chi connectivity index (χ1n) is 4.28. The van der Waals surface area contributed by atoms with Gasteiger partial charge in [-0.1, -0.05) is 5.16 Å². The number of rotatable bonds is 1. The van der Waals surface area contributed by atoms with Crippen molar-refractivity contribution in [3.05, 3.63) is 0 Å². The molecule has 0 amide bonds. The van der Waals surface area contributed by atoms with E-state index in [1.165, 1.54) is 7.11 Å².